The summed E-state index contributed by atoms with van der Waals surface area (Å²) in [6.45, 7) is 1.82. The number of imide groups is 1. The SMILES string of the molecule is Cc1ccc(Cl)cc1NC(=O)c1cccc(N2C(=O)[C@@H]3[C@@H](C2=O)[C@@]2(Cl)C(Cl)=C(Cl)[C@@]3(Cl)C2(Cl)Cl)c1. The molecular weight excluding hydrogens is 600 g/mol. The van der Waals surface area contributed by atoms with E-state index in [-0.39, 0.29) is 21.3 Å². The Morgan fingerprint density at radius 2 is 1.46 bits per heavy atom. The number of rotatable bonds is 3. The van der Waals surface area contributed by atoms with Crippen LogP contribution in [-0.2, 0) is 9.59 Å². The van der Waals surface area contributed by atoms with Crippen LogP contribution < -0.4 is 10.2 Å². The van der Waals surface area contributed by atoms with Crippen LogP contribution in [0.25, 0.3) is 0 Å². The lowest BCUT2D eigenvalue weighted by atomic mass is 9.84. The van der Waals surface area contributed by atoms with Gasteiger partial charge in [-0.3, -0.25) is 14.4 Å². The summed E-state index contributed by atoms with van der Waals surface area (Å²) in [6, 6.07) is 11.1. The Labute approximate surface area is 235 Å². The van der Waals surface area contributed by atoms with Crippen LogP contribution in [0.5, 0.6) is 0 Å². The molecule has 3 amide bonds. The Kier molecular flexibility index (Phi) is 5.94. The quantitative estimate of drug-likeness (QED) is 0.304. The van der Waals surface area contributed by atoms with Crippen molar-refractivity contribution in [3.8, 4) is 0 Å². The second-order valence-corrected chi connectivity index (χ2v) is 12.3. The van der Waals surface area contributed by atoms with Crippen molar-refractivity contribution in [2.24, 2.45) is 11.8 Å². The summed E-state index contributed by atoms with van der Waals surface area (Å²) < 4.78 is -2.01. The number of hydrogen-bond acceptors (Lipinski definition) is 3. The van der Waals surface area contributed by atoms with Crippen molar-refractivity contribution in [1.82, 2.24) is 0 Å². The molecule has 2 aromatic rings. The summed E-state index contributed by atoms with van der Waals surface area (Å²) in [5.74, 6) is -4.38. The van der Waals surface area contributed by atoms with E-state index in [1.807, 2.05) is 6.92 Å². The number of halogens is 7. The molecule has 1 aliphatic heterocycles. The lowest BCUT2D eigenvalue weighted by Gasteiger charge is -2.34. The van der Waals surface area contributed by atoms with Gasteiger partial charge in [-0.05, 0) is 42.8 Å². The second-order valence-electron chi connectivity index (χ2n) is 8.56. The molecule has 0 unspecified atom stereocenters. The van der Waals surface area contributed by atoms with Crippen LogP contribution in [0.15, 0.2) is 52.5 Å². The first-order valence-corrected chi connectivity index (χ1v) is 12.8. The van der Waals surface area contributed by atoms with E-state index in [1.54, 1.807) is 18.2 Å². The fraction of sp³-hybridized carbons (Fsp3) is 0.261. The summed E-state index contributed by atoms with van der Waals surface area (Å²) in [5.41, 5.74) is 1.67. The fourth-order valence-electron chi connectivity index (χ4n) is 4.96. The number of fused-ring (bicyclic) bond motifs is 5. The zero-order chi connectivity index (χ0) is 25.7. The number of alkyl halides is 4. The summed E-state index contributed by atoms with van der Waals surface area (Å²) >= 11 is 45.2. The first kappa shape index (κ1) is 25.5. The maximum Gasteiger partial charge on any atom is 0.255 e. The number of nitrogens with zero attached hydrogens (tertiary/aromatic N) is 1. The normalized spacial score (nSPS) is 30.8. The molecule has 4 atom stereocenters. The molecule has 0 aromatic heterocycles. The summed E-state index contributed by atoms with van der Waals surface area (Å²) in [6.07, 6.45) is 0. The Bertz CT molecular complexity index is 1330. The zero-order valence-electron chi connectivity index (χ0n) is 17.5. The number of hydrogen-bond donors (Lipinski definition) is 1. The number of nitrogens with one attached hydrogen (secondary N) is 1. The van der Waals surface area contributed by atoms with Crippen molar-refractivity contribution in [3.05, 3.63) is 68.7 Å². The molecule has 2 fully saturated rings. The Hall–Kier alpha value is -1.18. The minimum atomic E-state index is -2.01. The number of aryl methyl sites for hydroxylation is 1. The van der Waals surface area contributed by atoms with E-state index in [4.69, 9.17) is 81.2 Å². The molecule has 182 valence electrons. The average molecular weight is 614 g/mol. The van der Waals surface area contributed by atoms with Gasteiger partial charge < -0.3 is 5.32 Å². The van der Waals surface area contributed by atoms with Gasteiger partial charge in [0.05, 0.1) is 27.6 Å². The molecule has 2 aliphatic carbocycles. The highest BCUT2D eigenvalue weighted by Crippen LogP contribution is 2.77. The van der Waals surface area contributed by atoms with Crippen LogP contribution in [0.3, 0.4) is 0 Å². The third-order valence-corrected chi connectivity index (χ3v) is 11.2. The molecular formula is C23H13Cl7N2O3. The van der Waals surface area contributed by atoms with Gasteiger partial charge in [0.2, 0.25) is 11.8 Å². The van der Waals surface area contributed by atoms with Crippen LogP contribution in [0.1, 0.15) is 15.9 Å². The Morgan fingerprint density at radius 3 is 2.03 bits per heavy atom. The van der Waals surface area contributed by atoms with Gasteiger partial charge in [-0.15, -0.1) is 23.2 Å². The molecule has 0 radical (unpaired) electrons. The van der Waals surface area contributed by atoms with Gasteiger partial charge in [-0.25, -0.2) is 4.90 Å². The van der Waals surface area contributed by atoms with Gasteiger partial charge in [0.15, 0.2) is 4.33 Å². The number of anilines is 2. The van der Waals surface area contributed by atoms with Gasteiger partial charge in [0, 0.05) is 16.3 Å². The average Bonchev–Trinajstić information content (AvgIpc) is 3.20. The standard InChI is InChI=1S/C23H13Cl7N2O3/c1-9-5-6-11(24)8-13(9)31-18(33)10-3-2-4-12(7-10)32-19(34)14-15(20(32)35)22(28)17(26)16(25)21(14,27)23(22,29)30/h2-8,14-15H,1H3,(H,31,33)/t14-,15-,21+,22+/m0/s1. The number of amides is 3. The lowest BCUT2D eigenvalue weighted by Crippen LogP contribution is -2.50. The lowest BCUT2D eigenvalue weighted by molar-refractivity contribution is -0.123. The van der Waals surface area contributed by atoms with E-state index in [9.17, 15) is 14.4 Å². The van der Waals surface area contributed by atoms with Crippen molar-refractivity contribution in [2.75, 3.05) is 10.2 Å². The minimum absolute atomic E-state index is 0.145. The molecule has 35 heavy (non-hydrogen) atoms. The van der Waals surface area contributed by atoms with E-state index < -0.39 is 43.6 Å². The number of allylic oxidation sites excluding steroid dienone is 2. The van der Waals surface area contributed by atoms with E-state index in [1.165, 1.54) is 24.3 Å². The van der Waals surface area contributed by atoms with Gasteiger partial charge in [0.1, 0.15) is 9.75 Å². The number of carbonyl (C=O) groups excluding carboxylic acids is 3. The fourth-order valence-corrected chi connectivity index (χ4v) is 8.06. The molecule has 5 rings (SSSR count). The van der Waals surface area contributed by atoms with Crippen LogP contribution in [0.4, 0.5) is 11.4 Å². The maximum absolute atomic E-state index is 13.5. The van der Waals surface area contributed by atoms with E-state index in [0.717, 1.165) is 10.5 Å². The van der Waals surface area contributed by atoms with Crippen LogP contribution in [0, 0.1) is 18.8 Å². The Morgan fingerprint density at radius 1 is 0.886 bits per heavy atom. The van der Waals surface area contributed by atoms with Crippen molar-refractivity contribution < 1.29 is 14.4 Å². The molecule has 5 nitrogen and oxygen atoms in total. The van der Waals surface area contributed by atoms with Crippen molar-refractivity contribution >= 4 is 110 Å². The van der Waals surface area contributed by atoms with Crippen LogP contribution >= 0.6 is 81.2 Å². The predicted octanol–water partition coefficient (Wildman–Crippen LogP) is 6.85. The maximum atomic E-state index is 13.5. The van der Waals surface area contributed by atoms with E-state index >= 15 is 0 Å². The number of carbonyl (C=O) groups is 3. The van der Waals surface area contributed by atoms with Gasteiger partial charge in [-0.1, -0.05) is 70.1 Å². The molecule has 1 saturated carbocycles. The summed E-state index contributed by atoms with van der Waals surface area (Å²) in [7, 11) is 0. The summed E-state index contributed by atoms with van der Waals surface area (Å²) in [5, 5.41) is 2.89. The highest BCUT2D eigenvalue weighted by atomic mass is 35.5. The van der Waals surface area contributed by atoms with Crippen molar-refractivity contribution in [2.45, 2.75) is 21.0 Å². The summed E-state index contributed by atoms with van der Waals surface area (Å²) in [4.78, 5) is 37.1. The largest absolute Gasteiger partial charge is 0.322 e. The second kappa shape index (κ2) is 8.16. The third kappa shape index (κ3) is 3.13. The monoisotopic (exact) mass is 610 g/mol. The smallest absolute Gasteiger partial charge is 0.255 e. The highest BCUT2D eigenvalue weighted by Gasteiger charge is 2.87. The molecule has 2 bridgehead atoms. The van der Waals surface area contributed by atoms with Crippen LogP contribution in [0.2, 0.25) is 5.02 Å². The molecule has 1 saturated heterocycles. The number of benzene rings is 2. The van der Waals surface area contributed by atoms with E-state index in [2.05, 4.69) is 5.32 Å². The topological polar surface area (TPSA) is 66.5 Å². The molecule has 2 aromatic carbocycles. The zero-order valence-corrected chi connectivity index (χ0v) is 22.8. The van der Waals surface area contributed by atoms with Gasteiger partial charge in [-0.2, -0.15) is 0 Å². The Balaban J connectivity index is 1.50. The highest BCUT2D eigenvalue weighted by molar-refractivity contribution is 6.67. The molecule has 1 N–H and O–H groups in total. The van der Waals surface area contributed by atoms with E-state index in [0.29, 0.717) is 10.7 Å². The first-order chi connectivity index (χ1) is 16.3. The molecule has 0 spiro atoms. The molecule has 3 aliphatic rings. The molecule has 1 heterocycles. The van der Waals surface area contributed by atoms with Gasteiger partial charge >= 0.3 is 0 Å². The third-order valence-electron chi connectivity index (χ3n) is 6.72. The van der Waals surface area contributed by atoms with Crippen molar-refractivity contribution in [1.29, 1.82) is 0 Å². The van der Waals surface area contributed by atoms with Crippen molar-refractivity contribution in [3.63, 3.8) is 0 Å². The minimum Gasteiger partial charge on any atom is -0.322 e. The predicted molar refractivity (Wildman–Crippen MR) is 140 cm³/mol. The molecule has 12 heteroatoms. The van der Waals surface area contributed by atoms with Gasteiger partial charge in [0.25, 0.3) is 5.91 Å². The van der Waals surface area contributed by atoms with Crippen LogP contribution in [-0.4, -0.2) is 31.8 Å². The first-order valence-electron chi connectivity index (χ1n) is 10.2.